The average molecular weight is 329 g/mol. The van der Waals surface area contributed by atoms with Crippen LogP contribution in [0.15, 0.2) is 30.6 Å². The molecule has 0 radical (unpaired) electrons. The van der Waals surface area contributed by atoms with E-state index in [0.717, 1.165) is 31.8 Å². The van der Waals surface area contributed by atoms with Gasteiger partial charge in [0.25, 0.3) is 5.91 Å². The molecule has 128 valence electrons. The first-order valence-electron chi connectivity index (χ1n) is 8.19. The lowest BCUT2D eigenvalue weighted by atomic mass is 10.2. The molecule has 1 fully saturated rings. The number of likely N-dealkylation sites (N-methyl/N-ethyl adjacent to an activating group) is 1. The van der Waals surface area contributed by atoms with Gasteiger partial charge in [-0.05, 0) is 32.5 Å². The van der Waals surface area contributed by atoms with Crippen LogP contribution in [0.25, 0.3) is 5.82 Å². The zero-order valence-electron chi connectivity index (χ0n) is 14.1. The molecule has 3 heterocycles. The third-order valence-electron chi connectivity index (χ3n) is 4.21. The summed E-state index contributed by atoms with van der Waals surface area (Å²) in [7, 11) is 2.09. The van der Waals surface area contributed by atoms with E-state index >= 15 is 0 Å². The first-order chi connectivity index (χ1) is 11.6. The Bertz CT molecular complexity index is 686. The molecule has 1 aliphatic heterocycles. The van der Waals surface area contributed by atoms with Crippen LogP contribution >= 0.6 is 0 Å². The predicted molar refractivity (Wildman–Crippen MR) is 90.3 cm³/mol. The van der Waals surface area contributed by atoms with Gasteiger partial charge in [-0.15, -0.1) is 0 Å². The number of hydrogen-bond donors (Lipinski definition) is 1. The number of pyridine rings is 1. The third-order valence-corrected chi connectivity index (χ3v) is 4.21. The van der Waals surface area contributed by atoms with Crippen molar-refractivity contribution in [1.29, 1.82) is 0 Å². The number of carbonyl (C=O) groups excluding carboxylic acids is 1. The van der Waals surface area contributed by atoms with Gasteiger partial charge >= 0.3 is 0 Å². The van der Waals surface area contributed by atoms with Crippen molar-refractivity contribution in [2.45, 2.75) is 19.4 Å². The molecule has 3 rings (SSSR count). The van der Waals surface area contributed by atoms with E-state index in [1.165, 1.54) is 0 Å². The number of nitrogens with zero attached hydrogens (tertiary/aromatic N) is 4. The van der Waals surface area contributed by atoms with Crippen LogP contribution in [0.4, 0.5) is 0 Å². The van der Waals surface area contributed by atoms with Gasteiger partial charge in [0.2, 0.25) is 0 Å². The Hall–Kier alpha value is -2.25. The smallest absolute Gasteiger partial charge is 0.254 e. The minimum Gasteiger partial charge on any atom is -0.375 e. The molecule has 7 nitrogen and oxygen atoms in total. The SMILES string of the molecule is Cc1c(C(=O)NCC[C@@H]2CN(C)CCO2)cnn1-c1ccccn1. The molecule has 2 aromatic rings. The van der Waals surface area contributed by atoms with Crippen molar-refractivity contribution in [3.8, 4) is 5.82 Å². The van der Waals surface area contributed by atoms with Crippen molar-refractivity contribution in [3.05, 3.63) is 41.9 Å². The molecule has 0 saturated carbocycles. The van der Waals surface area contributed by atoms with Crippen LogP contribution < -0.4 is 5.32 Å². The third kappa shape index (κ3) is 3.80. The average Bonchev–Trinajstić information content (AvgIpc) is 2.97. The van der Waals surface area contributed by atoms with Crippen LogP contribution in [0, 0.1) is 6.92 Å². The van der Waals surface area contributed by atoms with Gasteiger partial charge in [0.05, 0.1) is 30.2 Å². The monoisotopic (exact) mass is 329 g/mol. The highest BCUT2D eigenvalue weighted by Gasteiger charge is 2.19. The van der Waals surface area contributed by atoms with E-state index in [-0.39, 0.29) is 12.0 Å². The second-order valence-electron chi connectivity index (χ2n) is 6.04. The van der Waals surface area contributed by atoms with Gasteiger partial charge in [-0.1, -0.05) is 6.07 Å². The molecule has 0 bridgehead atoms. The molecule has 1 amide bonds. The first kappa shape index (κ1) is 16.6. The van der Waals surface area contributed by atoms with E-state index in [1.807, 2.05) is 25.1 Å². The topological polar surface area (TPSA) is 72.3 Å². The van der Waals surface area contributed by atoms with E-state index < -0.39 is 0 Å². The lowest BCUT2D eigenvalue weighted by Crippen LogP contribution is -2.41. The molecule has 1 N–H and O–H groups in total. The van der Waals surface area contributed by atoms with E-state index in [0.29, 0.717) is 17.9 Å². The number of amides is 1. The zero-order chi connectivity index (χ0) is 16.9. The summed E-state index contributed by atoms with van der Waals surface area (Å²) in [5.41, 5.74) is 1.35. The van der Waals surface area contributed by atoms with E-state index in [9.17, 15) is 4.79 Å². The van der Waals surface area contributed by atoms with Crippen molar-refractivity contribution < 1.29 is 9.53 Å². The van der Waals surface area contributed by atoms with Crippen LogP contribution in [0.2, 0.25) is 0 Å². The van der Waals surface area contributed by atoms with Gasteiger partial charge < -0.3 is 15.0 Å². The standard InChI is InChI=1S/C17H23N5O2/c1-13-15(11-20-22(13)16-5-3-4-7-18-16)17(23)19-8-6-14-12-21(2)9-10-24-14/h3-5,7,11,14H,6,8-10,12H2,1-2H3,(H,19,23)/t14-/m1/s1. The van der Waals surface area contributed by atoms with Crippen LogP contribution in [-0.2, 0) is 4.74 Å². The number of hydrogen-bond acceptors (Lipinski definition) is 5. The van der Waals surface area contributed by atoms with Gasteiger partial charge in [-0.3, -0.25) is 4.79 Å². The molecule has 1 atom stereocenters. The Morgan fingerprint density at radius 1 is 1.46 bits per heavy atom. The van der Waals surface area contributed by atoms with Crippen molar-refractivity contribution in [2.75, 3.05) is 33.3 Å². The fraction of sp³-hybridized carbons (Fsp3) is 0.471. The highest BCUT2D eigenvalue weighted by atomic mass is 16.5. The maximum atomic E-state index is 12.4. The maximum Gasteiger partial charge on any atom is 0.254 e. The lowest BCUT2D eigenvalue weighted by Gasteiger charge is -2.30. The van der Waals surface area contributed by atoms with Crippen LogP contribution in [0.3, 0.4) is 0 Å². The summed E-state index contributed by atoms with van der Waals surface area (Å²) in [5, 5.41) is 7.23. The Morgan fingerprint density at radius 3 is 3.08 bits per heavy atom. The van der Waals surface area contributed by atoms with Gasteiger partial charge in [-0.2, -0.15) is 5.10 Å². The number of aromatic nitrogens is 3. The van der Waals surface area contributed by atoms with Crippen molar-refractivity contribution >= 4 is 5.91 Å². The number of nitrogens with one attached hydrogen (secondary N) is 1. The maximum absolute atomic E-state index is 12.4. The summed E-state index contributed by atoms with van der Waals surface area (Å²) in [4.78, 5) is 18.9. The van der Waals surface area contributed by atoms with Crippen LogP contribution in [0.1, 0.15) is 22.5 Å². The molecule has 0 unspecified atom stereocenters. The fourth-order valence-electron chi connectivity index (χ4n) is 2.83. The van der Waals surface area contributed by atoms with Gasteiger partial charge in [0, 0.05) is 25.8 Å². The molecule has 2 aromatic heterocycles. The molecule has 1 aliphatic rings. The Kier molecular flexibility index (Phi) is 5.22. The lowest BCUT2D eigenvalue weighted by molar-refractivity contribution is -0.0226. The summed E-state index contributed by atoms with van der Waals surface area (Å²) >= 11 is 0. The first-order valence-corrected chi connectivity index (χ1v) is 8.19. The molecule has 0 aromatic carbocycles. The number of morpholine rings is 1. The fourth-order valence-corrected chi connectivity index (χ4v) is 2.83. The van der Waals surface area contributed by atoms with E-state index in [1.54, 1.807) is 17.1 Å². The highest BCUT2D eigenvalue weighted by molar-refractivity contribution is 5.95. The van der Waals surface area contributed by atoms with Crippen molar-refractivity contribution in [1.82, 2.24) is 25.0 Å². The molecule has 0 spiro atoms. The Balaban J connectivity index is 1.57. The Labute approximate surface area is 141 Å². The van der Waals surface area contributed by atoms with E-state index in [2.05, 4.69) is 27.3 Å². The van der Waals surface area contributed by atoms with E-state index in [4.69, 9.17) is 4.74 Å². The highest BCUT2D eigenvalue weighted by Crippen LogP contribution is 2.12. The zero-order valence-corrected chi connectivity index (χ0v) is 14.1. The van der Waals surface area contributed by atoms with Crippen LogP contribution in [-0.4, -0.2) is 65.0 Å². The summed E-state index contributed by atoms with van der Waals surface area (Å²) in [6.07, 6.45) is 4.28. The van der Waals surface area contributed by atoms with Gasteiger partial charge in [0.15, 0.2) is 5.82 Å². The summed E-state index contributed by atoms with van der Waals surface area (Å²) in [5.74, 6) is 0.589. The molecular formula is C17H23N5O2. The van der Waals surface area contributed by atoms with Crippen LogP contribution in [0.5, 0.6) is 0 Å². The molecular weight excluding hydrogens is 306 g/mol. The minimum atomic E-state index is -0.112. The summed E-state index contributed by atoms with van der Waals surface area (Å²) in [6, 6.07) is 5.60. The molecule has 7 heteroatoms. The van der Waals surface area contributed by atoms with Gasteiger partial charge in [-0.25, -0.2) is 9.67 Å². The van der Waals surface area contributed by atoms with Gasteiger partial charge in [0.1, 0.15) is 0 Å². The normalized spacial score (nSPS) is 18.5. The van der Waals surface area contributed by atoms with Crippen molar-refractivity contribution in [2.24, 2.45) is 0 Å². The quantitative estimate of drug-likeness (QED) is 0.887. The largest absolute Gasteiger partial charge is 0.375 e. The number of carbonyl (C=O) groups is 1. The predicted octanol–water partition coefficient (Wildman–Crippen LogP) is 1.03. The number of ether oxygens (including phenoxy) is 1. The van der Waals surface area contributed by atoms with Crippen molar-refractivity contribution in [3.63, 3.8) is 0 Å². The second-order valence-corrected chi connectivity index (χ2v) is 6.04. The molecule has 1 saturated heterocycles. The number of rotatable bonds is 5. The second kappa shape index (κ2) is 7.55. The summed E-state index contributed by atoms with van der Waals surface area (Å²) in [6.45, 7) is 5.09. The summed E-state index contributed by atoms with van der Waals surface area (Å²) < 4.78 is 7.38. The molecule has 0 aliphatic carbocycles. The minimum absolute atomic E-state index is 0.112. The molecule has 24 heavy (non-hydrogen) atoms. The Morgan fingerprint density at radius 2 is 2.33 bits per heavy atom.